The molecule has 2 aromatic rings. The quantitative estimate of drug-likeness (QED) is 0.699. The predicted molar refractivity (Wildman–Crippen MR) is 83.4 cm³/mol. The number of aromatic nitrogens is 1. The SMILES string of the molecule is CCCCCCCCc1onc(N)c1-c1ccc(F)cc1. The van der Waals surface area contributed by atoms with Gasteiger partial charge in [0, 0.05) is 6.42 Å². The van der Waals surface area contributed by atoms with Gasteiger partial charge in [-0.15, -0.1) is 0 Å². The van der Waals surface area contributed by atoms with E-state index in [-0.39, 0.29) is 5.82 Å². The van der Waals surface area contributed by atoms with Gasteiger partial charge in [-0.2, -0.15) is 0 Å². The molecule has 0 atom stereocenters. The molecule has 1 aromatic heterocycles. The zero-order valence-corrected chi connectivity index (χ0v) is 12.6. The Labute approximate surface area is 125 Å². The van der Waals surface area contributed by atoms with Gasteiger partial charge in [0.2, 0.25) is 0 Å². The van der Waals surface area contributed by atoms with E-state index < -0.39 is 0 Å². The molecule has 4 heteroatoms. The fourth-order valence-corrected chi connectivity index (χ4v) is 2.50. The van der Waals surface area contributed by atoms with Gasteiger partial charge in [0.05, 0.1) is 5.56 Å². The second-order valence-electron chi connectivity index (χ2n) is 5.39. The van der Waals surface area contributed by atoms with E-state index in [1.807, 2.05) is 0 Å². The highest BCUT2D eigenvalue weighted by atomic mass is 19.1. The van der Waals surface area contributed by atoms with Crippen molar-refractivity contribution < 1.29 is 8.91 Å². The Morgan fingerprint density at radius 1 is 1.05 bits per heavy atom. The molecule has 0 saturated carbocycles. The first kappa shape index (κ1) is 15.5. The molecule has 0 aliphatic heterocycles. The van der Waals surface area contributed by atoms with E-state index in [0.717, 1.165) is 29.7 Å². The molecule has 0 amide bonds. The van der Waals surface area contributed by atoms with Crippen molar-refractivity contribution in [1.29, 1.82) is 0 Å². The number of unbranched alkanes of at least 4 members (excludes halogenated alkanes) is 5. The van der Waals surface area contributed by atoms with Gasteiger partial charge in [0.25, 0.3) is 0 Å². The number of anilines is 1. The van der Waals surface area contributed by atoms with Crippen molar-refractivity contribution in [3.05, 3.63) is 35.8 Å². The summed E-state index contributed by atoms with van der Waals surface area (Å²) < 4.78 is 18.3. The summed E-state index contributed by atoms with van der Waals surface area (Å²) in [5, 5.41) is 3.85. The molecule has 0 radical (unpaired) electrons. The largest absolute Gasteiger partial charge is 0.380 e. The Hall–Kier alpha value is -1.84. The normalized spacial score (nSPS) is 11.0. The minimum atomic E-state index is -0.258. The van der Waals surface area contributed by atoms with Gasteiger partial charge in [0.15, 0.2) is 5.82 Å². The summed E-state index contributed by atoms with van der Waals surface area (Å²) in [6, 6.07) is 6.28. The summed E-state index contributed by atoms with van der Waals surface area (Å²) >= 11 is 0. The number of nitrogens with zero attached hydrogens (tertiary/aromatic N) is 1. The van der Waals surface area contributed by atoms with Crippen LogP contribution in [0.3, 0.4) is 0 Å². The number of nitrogens with two attached hydrogens (primary N) is 1. The third-order valence-corrected chi connectivity index (χ3v) is 3.68. The molecule has 2 rings (SSSR count). The van der Waals surface area contributed by atoms with Crippen LogP contribution in [-0.2, 0) is 6.42 Å². The van der Waals surface area contributed by atoms with E-state index in [9.17, 15) is 4.39 Å². The number of nitrogen functional groups attached to an aromatic ring is 1. The van der Waals surface area contributed by atoms with Crippen molar-refractivity contribution in [3.8, 4) is 11.1 Å². The Kier molecular flexibility index (Phi) is 5.78. The molecule has 21 heavy (non-hydrogen) atoms. The summed E-state index contributed by atoms with van der Waals surface area (Å²) in [7, 11) is 0. The molecule has 3 nitrogen and oxygen atoms in total. The molecule has 1 aromatic carbocycles. The summed E-state index contributed by atoms with van der Waals surface area (Å²) in [4.78, 5) is 0. The number of aryl methyl sites for hydroxylation is 1. The molecule has 1 heterocycles. The fraction of sp³-hybridized carbons (Fsp3) is 0.471. The Morgan fingerprint density at radius 2 is 1.71 bits per heavy atom. The summed E-state index contributed by atoms with van der Waals surface area (Å²) in [6.07, 6.45) is 8.17. The van der Waals surface area contributed by atoms with Crippen LogP contribution in [0.2, 0.25) is 0 Å². The minimum absolute atomic E-state index is 0.258. The lowest BCUT2D eigenvalue weighted by Gasteiger charge is -2.03. The average molecular weight is 290 g/mol. The number of rotatable bonds is 8. The van der Waals surface area contributed by atoms with E-state index in [0.29, 0.717) is 5.82 Å². The second kappa shape index (κ2) is 7.81. The minimum Gasteiger partial charge on any atom is -0.380 e. The summed E-state index contributed by atoms with van der Waals surface area (Å²) in [5.41, 5.74) is 7.55. The molecule has 114 valence electrons. The van der Waals surface area contributed by atoms with Gasteiger partial charge in [-0.1, -0.05) is 56.3 Å². The van der Waals surface area contributed by atoms with Crippen LogP contribution in [0.15, 0.2) is 28.8 Å². The van der Waals surface area contributed by atoms with E-state index in [1.54, 1.807) is 12.1 Å². The topological polar surface area (TPSA) is 52.0 Å². The third-order valence-electron chi connectivity index (χ3n) is 3.68. The Morgan fingerprint density at radius 3 is 2.43 bits per heavy atom. The van der Waals surface area contributed by atoms with Crippen molar-refractivity contribution in [3.63, 3.8) is 0 Å². The number of halogens is 1. The highest BCUT2D eigenvalue weighted by Crippen LogP contribution is 2.30. The van der Waals surface area contributed by atoms with Crippen LogP contribution in [0, 0.1) is 5.82 Å². The van der Waals surface area contributed by atoms with Crippen LogP contribution in [-0.4, -0.2) is 5.16 Å². The maximum atomic E-state index is 13.0. The maximum absolute atomic E-state index is 13.0. The Balaban J connectivity index is 1.96. The lowest BCUT2D eigenvalue weighted by Crippen LogP contribution is -1.92. The van der Waals surface area contributed by atoms with Gasteiger partial charge in [-0.05, 0) is 24.1 Å². The van der Waals surface area contributed by atoms with Crippen molar-refractivity contribution >= 4 is 5.82 Å². The molecule has 0 bridgehead atoms. The number of hydrogen-bond donors (Lipinski definition) is 1. The zero-order chi connectivity index (χ0) is 15.1. The second-order valence-corrected chi connectivity index (χ2v) is 5.39. The summed E-state index contributed by atoms with van der Waals surface area (Å²) in [5.74, 6) is 0.920. The van der Waals surface area contributed by atoms with Crippen LogP contribution < -0.4 is 5.73 Å². The molecular weight excluding hydrogens is 267 g/mol. The zero-order valence-electron chi connectivity index (χ0n) is 12.6. The monoisotopic (exact) mass is 290 g/mol. The van der Waals surface area contributed by atoms with E-state index in [2.05, 4.69) is 12.1 Å². The van der Waals surface area contributed by atoms with Gasteiger partial charge in [-0.3, -0.25) is 0 Å². The van der Waals surface area contributed by atoms with Crippen LogP contribution in [0.4, 0.5) is 10.2 Å². The van der Waals surface area contributed by atoms with E-state index >= 15 is 0 Å². The van der Waals surface area contributed by atoms with E-state index in [1.165, 1.54) is 44.2 Å². The lowest BCUT2D eigenvalue weighted by molar-refractivity contribution is 0.381. The highest BCUT2D eigenvalue weighted by molar-refractivity contribution is 5.75. The molecule has 0 fully saturated rings. The van der Waals surface area contributed by atoms with Gasteiger partial charge >= 0.3 is 0 Å². The smallest absolute Gasteiger partial charge is 0.175 e. The summed E-state index contributed by atoms with van der Waals surface area (Å²) in [6.45, 7) is 2.21. The molecular formula is C17H23FN2O. The number of benzene rings is 1. The molecule has 0 aliphatic carbocycles. The highest BCUT2D eigenvalue weighted by Gasteiger charge is 2.15. The predicted octanol–water partition coefficient (Wildman–Crippen LogP) is 4.97. The standard InChI is InChI=1S/C17H23FN2O/c1-2-3-4-5-6-7-8-15-16(17(19)20-21-15)13-9-11-14(18)12-10-13/h9-12H,2-8H2,1H3,(H2,19,20). The number of hydrogen-bond acceptors (Lipinski definition) is 3. The molecule has 0 unspecified atom stereocenters. The third kappa shape index (κ3) is 4.31. The van der Waals surface area contributed by atoms with Gasteiger partial charge < -0.3 is 10.3 Å². The first-order chi connectivity index (χ1) is 10.2. The molecule has 0 saturated heterocycles. The van der Waals surface area contributed by atoms with Gasteiger partial charge in [-0.25, -0.2) is 4.39 Å². The van der Waals surface area contributed by atoms with Crippen molar-refractivity contribution in [2.75, 3.05) is 5.73 Å². The first-order valence-electron chi connectivity index (χ1n) is 7.72. The molecule has 2 N–H and O–H groups in total. The van der Waals surface area contributed by atoms with E-state index in [4.69, 9.17) is 10.3 Å². The van der Waals surface area contributed by atoms with Crippen LogP contribution in [0.1, 0.15) is 51.2 Å². The van der Waals surface area contributed by atoms with Crippen LogP contribution >= 0.6 is 0 Å². The molecule has 0 spiro atoms. The van der Waals surface area contributed by atoms with Crippen LogP contribution in [0.5, 0.6) is 0 Å². The van der Waals surface area contributed by atoms with Gasteiger partial charge in [0.1, 0.15) is 11.6 Å². The maximum Gasteiger partial charge on any atom is 0.175 e. The lowest BCUT2D eigenvalue weighted by atomic mass is 10.0. The Bertz CT molecular complexity index is 548. The average Bonchev–Trinajstić information content (AvgIpc) is 2.85. The fourth-order valence-electron chi connectivity index (χ4n) is 2.50. The van der Waals surface area contributed by atoms with Crippen molar-refractivity contribution in [2.45, 2.75) is 51.9 Å². The van der Waals surface area contributed by atoms with Crippen molar-refractivity contribution in [2.24, 2.45) is 0 Å². The van der Waals surface area contributed by atoms with Crippen molar-refractivity contribution in [1.82, 2.24) is 5.16 Å². The van der Waals surface area contributed by atoms with Crippen LogP contribution in [0.25, 0.3) is 11.1 Å². The first-order valence-corrected chi connectivity index (χ1v) is 7.72. The molecule has 0 aliphatic rings.